The van der Waals surface area contributed by atoms with Crippen LogP contribution in [0, 0.1) is 11.8 Å². The Labute approximate surface area is 138 Å². The normalized spacial score (nSPS) is 26.4. The fourth-order valence-corrected chi connectivity index (χ4v) is 3.95. The Hall–Kier alpha value is -0.980. The van der Waals surface area contributed by atoms with Crippen LogP contribution in [-0.2, 0) is 22.4 Å². The van der Waals surface area contributed by atoms with Gasteiger partial charge in [-0.15, -0.1) is 5.10 Å². The van der Waals surface area contributed by atoms with Gasteiger partial charge in [0.05, 0.1) is 18.3 Å². The van der Waals surface area contributed by atoms with Crippen molar-refractivity contribution in [1.82, 2.24) is 19.9 Å². The highest BCUT2D eigenvalue weighted by Crippen LogP contribution is 2.34. The molecule has 6 heteroatoms. The van der Waals surface area contributed by atoms with Gasteiger partial charge in [0.1, 0.15) is 5.69 Å². The van der Waals surface area contributed by atoms with E-state index in [0.29, 0.717) is 6.61 Å². The molecule has 1 saturated carbocycles. The smallest absolute Gasteiger partial charge is 0.105 e. The molecule has 0 radical (unpaired) electrons. The number of hydrogen-bond acceptors (Lipinski definition) is 5. The van der Waals surface area contributed by atoms with Gasteiger partial charge in [-0.2, -0.15) is 0 Å². The van der Waals surface area contributed by atoms with Crippen LogP contribution in [0.4, 0.5) is 0 Å². The monoisotopic (exact) mass is 320 g/mol. The van der Waals surface area contributed by atoms with E-state index >= 15 is 0 Å². The van der Waals surface area contributed by atoms with Gasteiger partial charge in [-0.1, -0.05) is 5.21 Å². The van der Waals surface area contributed by atoms with Crippen molar-refractivity contribution in [2.24, 2.45) is 11.8 Å². The van der Waals surface area contributed by atoms with Gasteiger partial charge >= 0.3 is 0 Å². The van der Waals surface area contributed by atoms with Crippen LogP contribution in [0.25, 0.3) is 0 Å². The number of hydrogen-bond donors (Lipinski definition) is 0. The molecular weight excluding hydrogens is 292 g/mol. The van der Waals surface area contributed by atoms with Crippen LogP contribution in [0.3, 0.4) is 0 Å². The lowest BCUT2D eigenvalue weighted by molar-refractivity contribution is 0.0271. The third-order valence-corrected chi connectivity index (χ3v) is 5.55. The zero-order chi connectivity index (χ0) is 15.6. The third kappa shape index (κ3) is 3.44. The molecular formula is C17H28N4O2. The van der Waals surface area contributed by atoms with Gasteiger partial charge < -0.3 is 9.47 Å². The summed E-state index contributed by atoms with van der Waals surface area (Å²) >= 11 is 0. The van der Waals surface area contributed by atoms with Gasteiger partial charge in [0.2, 0.25) is 0 Å². The maximum absolute atomic E-state index is 5.52. The lowest BCUT2D eigenvalue weighted by Crippen LogP contribution is -2.42. The Bertz CT molecular complexity index is 523. The second-order valence-electron chi connectivity index (χ2n) is 7.32. The van der Waals surface area contributed by atoms with Gasteiger partial charge in [-0.25, -0.2) is 4.68 Å². The van der Waals surface area contributed by atoms with Crippen molar-refractivity contribution in [3.05, 3.63) is 11.4 Å². The average molecular weight is 320 g/mol. The Morgan fingerprint density at radius 1 is 1.13 bits per heavy atom. The van der Waals surface area contributed by atoms with E-state index in [1.807, 2.05) is 0 Å². The summed E-state index contributed by atoms with van der Waals surface area (Å²) in [6.45, 7) is 5.82. The molecule has 0 amide bonds. The van der Waals surface area contributed by atoms with E-state index in [-0.39, 0.29) is 6.04 Å². The van der Waals surface area contributed by atoms with E-state index in [1.165, 1.54) is 31.4 Å². The third-order valence-electron chi connectivity index (χ3n) is 5.55. The fraction of sp³-hybridized carbons (Fsp3) is 0.882. The summed E-state index contributed by atoms with van der Waals surface area (Å²) in [7, 11) is 1.79. The molecule has 3 aliphatic rings. The number of fused-ring (bicyclic) bond motifs is 1. The molecule has 128 valence electrons. The molecule has 0 aromatic carbocycles. The molecule has 0 bridgehead atoms. The second kappa shape index (κ2) is 6.87. The van der Waals surface area contributed by atoms with Crippen LogP contribution in [0.15, 0.2) is 0 Å². The van der Waals surface area contributed by atoms with Gasteiger partial charge in [-0.3, -0.25) is 4.90 Å². The molecule has 2 fully saturated rings. The highest BCUT2D eigenvalue weighted by Gasteiger charge is 2.34. The first-order valence-corrected chi connectivity index (χ1v) is 9.08. The zero-order valence-electron chi connectivity index (χ0n) is 14.1. The molecule has 0 N–H and O–H groups in total. The van der Waals surface area contributed by atoms with Crippen molar-refractivity contribution < 1.29 is 9.47 Å². The topological polar surface area (TPSA) is 52.4 Å². The molecule has 1 aliphatic carbocycles. The van der Waals surface area contributed by atoms with E-state index in [2.05, 4.69) is 19.9 Å². The minimum absolute atomic E-state index is 0.263. The largest absolute Gasteiger partial charge is 0.383 e. The summed E-state index contributed by atoms with van der Waals surface area (Å²) in [5.41, 5.74) is 2.51. The molecule has 1 aromatic heterocycles. The fourth-order valence-electron chi connectivity index (χ4n) is 3.95. The van der Waals surface area contributed by atoms with Gasteiger partial charge in [0, 0.05) is 46.4 Å². The average Bonchev–Trinajstić information content (AvgIpc) is 3.30. The minimum atomic E-state index is 0.263. The van der Waals surface area contributed by atoms with E-state index in [0.717, 1.165) is 56.8 Å². The number of ether oxygens (including phenoxy) is 2. The standard InChI is InChI=1S/C17H28N4O2/c1-22-12-16-17-15(21(19-18-17)11-13-2-3-13)4-7-20(16)10-14-5-8-23-9-6-14/h13-14,16H,2-12H2,1H3. The van der Waals surface area contributed by atoms with Crippen LogP contribution in [0.1, 0.15) is 43.1 Å². The Morgan fingerprint density at radius 3 is 2.65 bits per heavy atom. The first-order valence-electron chi connectivity index (χ1n) is 9.08. The van der Waals surface area contributed by atoms with Gasteiger partial charge in [-0.05, 0) is 37.5 Å². The summed E-state index contributed by atoms with van der Waals surface area (Å²) in [4.78, 5) is 2.57. The number of rotatable bonds is 6. The van der Waals surface area contributed by atoms with Crippen molar-refractivity contribution >= 4 is 0 Å². The van der Waals surface area contributed by atoms with Gasteiger partial charge in [0.15, 0.2) is 0 Å². The minimum Gasteiger partial charge on any atom is -0.383 e. The van der Waals surface area contributed by atoms with Crippen LogP contribution < -0.4 is 0 Å². The number of nitrogens with zero attached hydrogens (tertiary/aromatic N) is 4. The lowest BCUT2D eigenvalue weighted by Gasteiger charge is -2.37. The van der Waals surface area contributed by atoms with E-state index in [9.17, 15) is 0 Å². The van der Waals surface area contributed by atoms with E-state index in [4.69, 9.17) is 9.47 Å². The van der Waals surface area contributed by atoms with Gasteiger partial charge in [0.25, 0.3) is 0 Å². The summed E-state index contributed by atoms with van der Waals surface area (Å²) in [6, 6.07) is 0.263. The predicted octanol–water partition coefficient (Wildman–Crippen LogP) is 1.66. The maximum Gasteiger partial charge on any atom is 0.105 e. The van der Waals surface area contributed by atoms with Crippen molar-refractivity contribution in [3.8, 4) is 0 Å². The molecule has 23 heavy (non-hydrogen) atoms. The van der Waals surface area contributed by atoms with Crippen molar-refractivity contribution in [2.75, 3.05) is 40.0 Å². The number of methoxy groups -OCH3 is 1. The molecule has 4 rings (SSSR count). The highest BCUT2D eigenvalue weighted by atomic mass is 16.5. The first-order chi connectivity index (χ1) is 11.3. The number of aromatic nitrogens is 3. The molecule has 6 nitrogen and oxygen atoms in total. The SMILES string of the molecule is COCC1c2nnn(CC3CC3)c2CCN1CC1CCOCC1. The summed E-state index contributed by atoms with van der Waals surface area (Å²) in [6.07, 6.45) is 6.13. The second-order valence-corrected chi connectivity index (χ2v) is 7.32. The molecule has 1 saturated heterocycles. The molecule has 1 unspecified atom stereocenters. The van der Waals surface area contributed by atoms with Crippen molar-refractivity contribution in [1.29, 1.82) is 0 Å². The molecule has 3 heterocycles. The lowest BCUT2D eigenvalue weighted by atomic mass is 9.96. The highest BCUT2D eigenvalue weighted by molar-refractivity contribution is 5.19. The van der Waals surface area contributed by atoms with E-state index in [1.54, 1.807) is 7.11 Å². The summed E-state index contributed by atoms with van der Waals surface area (Å²) in [5, 5.41) is 9.00. The Kier molecular flexibility index (Phi) is 4.64. The van der Waals surface area contributed by atoms with Crippen LogP contribution in [0.2, 0.25) is 0 Å². The maximum atomic E-state index is 5.52. The molecule has 1 atom stereocenters. The Morgan fingerprint density at radius 2 is 1.91 bits per heavy atom. The van der Waals surface area contributed by atoms with Crippen molar-refractivity contribution in [3.63, 3.8) is 0 Å². The Balaban J connectivity index is 1.49. The first kappa shape index (κ1) is 15.5. The molecule has 2 aliphatic heterocycles. The molecule has 0 spiro atoms. The van der Waals surface area contributed by atoms with Crippen LogP contribution in [0.5, 0.6) is 0 Å². The van der Waals surface area contributed by atoms with E-state index < -0.39 is 0 Å². The summed E-state index contributed by atoms with van der Waals surface area (Å²) < 4.78 is 13.2. The van der Waals surface area contributed by atoms with Crippen molar-refractivity contribution in [2.45, 2.75) is 44.7 Å². The predicted molar refractivity (Wildman–Crippen MR) is 86.2 cm³/mol. The quantitative estimate of drug-likeness (QED) is 0.798. The van der Waals surface area contributed by atoms with Crippen LogP contribution in [-0.4, -0.2) is 59.9 Å². The van der Waals surface area contributed by atoms with Crippen LogP contribution >= 0.6 is 0 Å². The summed E-state index contributed by atoms with van der Waals surface area (Å²) in [5.74, 6) is 1.58. The molecule has 1 aromatic rings. The zero-order valence-corrected chi connectivity index (χ0v) is 14.1.